The lowest BCUT2D eigenvalue weighted by Gasteiger charge is -2.25. The lowest BCUT2D eigenvalue weighted by molar-refractivity contribution is 0.0914. The van der Waals surface area contributed by atoms with Gasteiger partial charge in [0.05, 0.1) is 18.5 Å². The van der Waals surface area contributed by atoms with Crippen molar-refractivity contribution >= 4 is 16.9 Å². The van der Waals surface area contributed by atoms with Gasteiger partial charge >= 0.3 is 0 Å². The maximum absolute atomic E-state index is 12.7. The topological polar surface area (TPSA) is 71.8 Å². The Kier molecular flexibility index (Phi) is 6.03. The van der Waals surface area contributed by atoms with Gasteiger partial charge < -0.3 is 19.4 Å². The van der Waals surface area contributed by atoms with Crippen LogP contribution in [0.2, 0.25) is 0 Å². The van der Waals surface area contributed by atoms with Crippen molar-refractivity contribution in [3.63, 3.8) is 0 Å². The third-order valence-corrected chi connectivity index (χ3v) is 4.96. The molecule has 6 heteroatoms. The number of hydrogen-bond acceptors (Lipinski definition) is 5. The molecule has 1 heterocycles. The standard InChI is InChI=1S/C23H26N2O4/c1-14-10-15(2)22-18(11-14)20(26)12-21(29-22)23(27)24-13-19(25(3)4)16-6-8-17(28-5)9-7-16/h6-12,19H,13H2,1-5H3,(H,24,27)/t19-/m0/s1. The third kappa shape index (κ3) is 4.49. The Morgan fingerprint density at radius 3 is 2.45 bits per heavy atom. The zero-order valence-electron chi connectivity index (χ0n) is 17.4. The van der Waals surface area contributed by atoms with Crippen molar-refractivity contribution in [2.75, 3.05) is 27.7 Å². The molecule has 0 spiro atoms. The van der Waals surface area contributed by atoms with Crippen LogP contribution in [0.1, 0.15) is 33.3 Å². The fourth-order valence-corrected chi connectivity index (χ4v) is 3.42. The second kappa shape index (κ2) is 8.49. The van der Waals surface area contributed by atoms with Crippen LogP contribution in [-0.2, 0) is 0 Å². The zero-order chi connectivity index (χ0) is 21.1. The summed E-state index contributed by atoms with van der Waals surface area (Å²) < 4.78 is 11.0. The van der Waals surface area contributed by atoms with Gasteiger partial charge in [-0.15, -0.1) is 0 Å². The second-order valence-corrected chi connectivity index (χ2v) is 7.40. The highest BCUT2D eigenvalue weighted by Gasteiger charge is 2.18. The zero-order valence-corrected chi connectivity index (χ0v) is 17.4. The van der Waals surface area contributed by atoms with Crippen LogP contribution < -0.4 is 15.5 Å². The van der Waals surface area contributed by atoms with E-state index < -0.39 is 5.91 Å². The summed E-state index contributed by atoms with van der Waals surface area (Å²) in [5, 5.41) is 3.38. The van der Waals surface area contributed by atoms with E-state index in [4.69, 9.17) is 9.15 Å². The summed E-state index contributed by atoms with van der Waals surface area (Å²) in [4.78, 5) is 27.2. The monoisotopic (exact) mass is 394 g/mol. The normalized spacial score (nSPS) is 12.2. The number of benzene rings is 2. The van der Waals surface area contributed by atoms with Gasteiger partial charge in [0.25, 0.3) is 5.91 Å². The van der Waals surface area contributed by atoms with E-state index in [9.17, 15) is 9.59 Å². The Labute approximate surface area is 170 Å². The maximum atomic E-state index is 12.7. The van der Waals surface area contributed by atoms with Gasteiger partial charge in [-0.05, 0) is 62.8 Å². The molecular formula is C23H26N2O4. The molecule has 0 fully saturated rings. The summed E-state index contributed by atoms with van der Waals surface area (Å²) >= 11 is 0. The Bertz CT molecular complexity index is 1080. The largest absolute Gasteiger partial charge is 0.497 e. The number of nitrogens with zero attached hydrogens (tertiary/aromatic N) is 1. The van der Waals surface area contributed by atoms with Crippen molar-refractivity contribution in [3.05, 3.63) is 75.1 Å². The number of carbonyl (C=O) groups excluding carboxylic acids is 1. The van der Waals surface area contributed by atoms with Gasteiger partial charge in [0.2, 0.25) is 0 Å². The molecule has 1 amide bonds. The van der Waals surface area contributed by atoms with Crippen molar-refractivity contribution in [1.82, 2.24) is 10.2 Å². The number of fused-ring (bicyclic) bond motifs is 1. The van der Waals surface area contributed by atoms with Crippen LogP contribution in [0.3, 0.4) is 0 Å². The molecule has 0 bridgehead atoms. The van der Waals surface area contributed by atoms with E-state index in [2.05, 4.69) is 5.32 Å². The number of hydrogen-bond donors (Lipinski definition) is 1. The molecule has 0 unspecified atom stereocenters. The third-order valence-electron chi connectivity index (χ3n) is 4.96. The number of methoxy groups -OCH3 is 1. The van der Waals surface area contributed by atoms with E-state index in [1.807, 2.05) is 63.2 Å². The van der Waals surface area contributed by atoms with Crippen LogP contribution in [-0.4, -0.2) is 38.6 Å². The molecule has 2 aromatic carbocycles. The quantitative estimate of drug-likeness (QED) is 0.693. The number of nitrogens with one attached hydrogen (secondary N) is 1. The van der Waals surface area contributed by atoms with Crippen molar-refractivity contribution in [2.45, 2.75) is 19.9 Å². The smallest absolute Gasteiger partial charge is 0.287 e. The Balaban J connectivity index is 1.82. The predicted molar refractivity (Wildman–Crippen MR) is 114 cm³/mol. The molecule has 0 aliphatic carbocycles. The fourth-order valence-electron chi connectivity index (χ4n) is 3.42. The Hall–Kier alpha value is -3.12. The van der Waals surface area contributed by atoms with Gasteiger partial charge in [0.1, 0.15) is 11.3 Å². The summed E-state index contributed by atoms with van der Waals surface area (Å²) in [6, 6.07) is 12.6. The summed E-state index contributed by atoms with van der Waals surface area (Å²) in [7, 11) is 5.52. The molecule has 29 heavy (non-hydrogen) atoms. The number of likely N-dealkylation sites (N-methyl/N-ethyl adjacent to an activating group) is 1. The predicted octanol–water partition coefficient (Wildman–Crippen LogP) is 3.45. The van der Waals surface area contributed by atoms with Gasteiger partial charge in [-0.2, -0.15) is 0 Å². The van der Waals surface area contributed by atoms with Crippen LogP contribution in [0.15, 0.2) is 51.7 Å². The fraction of sp³-hybridized carbons (Fsp3) is 0.304. The molecule has 0 saturated carbocycles. The molecule has 3 aromatic rings. The van der Waals surface area contributed by atoms with E-state index in [0.717, 1.165) is 22.4 Å². The second-order valence-electron chi connectivity index (χ2n) is 7.40. The summed E-state index contributed by atoms with van der Waals surface area (Å²) in [5.41, 5.74) is 3.08. The molecule has 1 N–H and O–H groups in total. The Morgan fingerprint density at radius 1 is 1.14 bits per heavy atom. The highest BCUT2D eigenvalue weighted by atomic mass is 16.5. The molecule has 0 aliphatic heterocycles. The van der Waals surface area contributed by atoms with E-state index >= 15 is 0 Å². The molecule has 1 aromatic heterocycles. The van der Waals surface area contributed by atoms with E-state index in [1.165, 1.54) is 6.07 Å². The van der Waals surface area contributed by atoms with Gasteiger partial charge in [-0.3, -0.25) is 9.59 Å². The van der Waals surface area contributed by atoms with Crippen LogP contribution >= 0.6 is 0 Å². The number of amides is 1. The summed E-state index contributed by atoms with van der Waals surface area (Å²) in [5.74, 6) is 0.380. The maximum Gasteiger partial charge on any atom is 0.287 e. The minimum Gasteiger partial charge on any atom is -0.497 e. The molecular weight excluding hydrogens is 368 g/mol. The van der Waals surface area contributed by atoms with Gasteiger partial charge in [-0.1, -0.05) is 18.2 Å². The molecule has 6 nitrogen and oxygen atoms in total. The Morgan fingerprint density at radius 2 is 1.83 bits per heavy atom. The van der Waals surface area contributed by atoms with Crippen molar-refractivity contribution in [1.29, 1.82) is 0 Å². The van der Waals surface area contributed by atoms with E-state index in [-0.39, 0.29) is 17.2 Å². The lowest BCUT2D eigenvalue weighted by atomic mass is 10.1. The lowest BCUT2D eigenvalue weighted by Crippen LogP contribution is -2.34. The first kappa shape index (κ1) is 20.6. The van der Waals surface area contributed by atoms with Crippen molar-refractivity contribution < 1.29 is 13.9 Å². The van der Waals surface area contributed by atoms with Crippen molar-refractivity contribution in [2.24, 2.45) is 0 Å². The highest BCUT2D eigenvalue weighted by molar-refractivity contribution is 5.93. The van der Waals surface area contributed by atoms with Gasteiger partial charge in [0.15, 0.2) is 11.2 Å². The molecule has 0 saturated heterocycles. The van der Waals surface area contributed by atoms with Gasteiger partial charge in [0, 0.05) is 12.6 Å². The molecule has 1 atom stereocenters. The first-order valence-corrected chi connectivity index (χ1v) is 9.44. The molecule has 0 aliphatic rings. The number of aryl methyl sites for hydroxylation is 2. The van der Waals surface area contributed by atoms with Gasteiger partial charge in [-0.25, -0.2) is 0 Å². The first-order chi connectivity index (χ1) is 13.8. The minimum absolute atomic E-state index is 0.0155. The van der Waals surface area contributed by atoms with E-state index in [0.29, 0.717) is 17.5 Å². The van der Waals surface area contributed by atoms with Crippen molar-refractivity contribution in [3.8, 4) is 5.75 Å². The first-order valence-electron chi connectivity index (χ1n) is 9.44. The molecule has 152 valence electrons. The summed E-state index contributed by atoms with van der Waals surface area (Å²) in [6.45, 7) is 4.16. The average Bonchev–Trinajstić information content (AvgIpc) is 2.68. The highest BCUT2D eigenvalue weighted by Crippen LogP contribution is 2.22. The molecule has 0 radical (unpaired) electrons. The van der Waals surface area contributed by atoms with Crippen LogP contribution in [0.4, 0.5) is 0 Å². The number of ether oxygens (including phenoxy) is 1. The van der Waals surface area contributed by atoms with Crippen LogP contribution in [0.25, 0.3) is 11.0 Å². The average molecular weight is 394 g/mol. The SMILES string of the molecule is COc1ccc([C@H](CNC(=O)c2cc(=O)c3cc(C)cc(C)c3o2)N(C)C)cc1. The minimum atomic E-state index is -0.413. The number of rotatable bonds is 6. The number of carbonyl (C=O) groups is 1. The summed E-state index contributed by atoms with van der Waals surface area (Å²) in [6.07, 6.45) is 0. The van der Waals surface area contributed by atoms with E-state index in [1.54, 1.807) is 13.2 Å². The molecule has 3 rings (SSSR count). The van der Waals surface area contributed by atoms with Crippen LogP contribution in [0.5, 0.6) is 5.75 Å². The van der Waals surface area contributed by atoms with Crippen LogP contribution in [0, 0.1) is 13.8 Å².